The Morgan fingerprint density at radius 2 is 1.72 bits per heavy atom. The van der Waals surface area contributed by atoms with Crippen LogP contribution in [0.4, 0.5) is 13.2 Å². The maximum absolute atomic E-state index is 14.5. The van der Waals surface area contributed by atoms with Crippen molar-refractivity contribution < 1.29 is 13.2 Å². The van der Waals surface area contributed by atoms with Crippen LogP contribution in [0.15, 0.2) is 29.9 Å². The molecule has 2 aliphatic carbocycles. The molecule has 0 atom stereocenters. The average Bonchev–Trinajstić information content (AvgIpc) is 2.55. The summed E-state index contributed by atoms with van der Waals surface area (Å²) in [5, 5.41) is 0. The fourth-order valence-electron chi connectivity index (χ4n) is 4.51. The molecule has 0 unspecified atom stereocenters. The Morgan fingerprint density at radius 3 is 2.32 bits per heavy atom. The third-order valence-electron chi connectivity index (χ3n) is 6.25. The Morgan fingerprint density at radius 1 is 1.00 bits per heavy atom. The van der Waals surface area contributed by atoms with Gasteiger partial charge in [0, 0.05) is 0 Å². The minimum absolute atomic E-state index is 0.0696. The van der Waals surface area contributed by atoms with Crippen LogP contribution in [0, 0.1) is 11.7 Å². The SMILES string of the molecule is CCCCCC1CCC(c2ccc(C3CC(=C(F)F)C3)c(F)c2)CC1. The zero-order valence-electron chi connectivity index (χ0n) is 15.2. The van der Waals surface area contributed by atoms with Crippen LogP contribution in [-0.2, 0) is 0 Å². The largest absolute Gasteiger partial charge is 0.269 e. The average molecular weight is 350 g/mol. The van der Waals surface area contributed by atoms with Gasteiger partial charge in [-0.15, -0.1) is 0 Å². The highest BCUT2D eigenvalue weighted by atomic mass is 19.3. The second kappa shape index (κ2) is 8.42. The molecule has 0 spiro atoms. The summed E-state index contributed by atoms with van der Waals surface area (Å²) < 4.78 is 39.5. The maximum atomic E-state index is 14.5. The molecule has 2 fully saturated rings. The third kappa shape index (κ3) is 4.48. The Balaban J connectivity index is 1.54. The molecule has 138 valence electrons. The zero-order valence-corrected chi connectivity index (χ0v) is 15.2. The summed E-state index contributed by atoms with van der Waals surface area (Å²) in [5.74, 6) is 1.04. The van der Waals surface area contributed by atoms with Crippen LogP contribution >= 0.6 is 0 Å². The minimum Gasteiger partial charge on any atom is -0.207 e. The summed E-state index contributed by atoms with van der Waals surface area (Å²) >= 11 is 0. The Kier molecular flexibility index (Phi) is 6.24. The van der Waals surface area contributed by atoms with Crippen LogP contribution in [-0.4, -0.2) is 0 Å². The molecule has 1 aromatic rings. The summed E-state index contributed by atoms with van der Waals surface area (Å²) in [4.78, 5) is 0. The Hall–Kier alpha value is -1.25. The van der Waals surface area contributed by atoms with Gasteiger partial charge in [0.05, 0.1) is 0 Å². The maximum Gasteiger partial charge on any atom is 0.269 e. The fraction of sp³-hybridized carbons (Fsp3) is 0.636. The van der Waals surface area contributed by atoms with E-state index >= 15 is 0 Å². The number of halogens is 3. The molecule has 3 heteroatoms. The first-order valence-electron chi connectivity index (χ1n) is 9.90. The number of benzene rings is 1. The van der Waals surface area contributed by atoms with Gasteiger partial charge in [-0.2, -0.15) is 8.78 Å². The quantitative estimate of drug-likeness (QED) is 0.461. The van der Waals surface area contributed by atoms with Crippen molar-refractivity contribution in [2.45, 2.75) is 83.0 Å². The lowest BCUT2D eigenvalue weighted by Gasteiger charge is -2.31. The standard InChI is InChI=1S/C22H29F3/c1-2-3-4-5-15-6-8-16(9-7-15)17-10-11-20(21(23)14-17)18-12-19(13-18)22(24)25/h10-11,14-16,18H,2-9,12-13H2,1H3. The molecule has 0 amide bonds. The topological polar surface area (TPSA) is 0 Å². The second-order valence-corrected chi connectivity index (χ2v) is 7.96. The predicted molar refractivity (Wildman–Crippen MR) is 96.5 cm³/mol. The van der Waals surface area contributed by atoms with E-state index in [-0.39, 0.29) is 17.3 Å². The van der Waals surface area contributed by atoms with Crippen molar-refractivity contribution in [1.29, 1.82) is 0 Å². The first kappa shape index (κ1) is 18.5. The highest BCUT2D eigenvalue weighted by Crippen LogP contribution is 2.45. The molecule has 0 N–H and O–H groups in total. The van der Waals surface area contributed by atoms with Crippen LogP contribution in [0.5, 0.6) is 0 Å². The molecule has 0 aliphatic heterocycles. The lowest BCUT2D eigenvalue weighted by atomic mass is 9.74. The number of hydrogen-bond donors (Lipinski definition) is 0. The molecule has 0 heterocycles. The molecule has 1 aromatic carbocycles. The number of hydrogen-bond acceptors (Lipinski definition) is 0. The van der Waals surface area contributed by atoms with E-state index in [2.05, 4.69) is 6.92 Å². The molecule has 0 aromatic heterocycles. The molecule has 0 saturated heterocycles. The summed E-state index contributed by atoms with van der Waals surface area (Å²) in [7, 11) is 0. The van der Waals surface area contributed by atoms with Gasteiger partial charge >= 0.3 is 0 Å². The molecule has 2 saturated carbocycles. The van der Waals surface area contributed by atoms with Gasteiger partial charge < -0.3 is 0 Å². The number of allylic oxidation sites excluding steroid dienone is 1. The van der Waals surface area contributed by atoms with Gasteiger partial charge in [0.2, 0.25) is 0 Å². The van der Waals surface area contributed by atoms with Crippen molar-refractivity contribution in [3.05, 3.63) is 46.8 Å². The van der Waals surface area contributed by atoms with E-state index in [1.807, 2.05) is 12.1 Å². The summed E-state index contributed by atoms with van der Waals surface area (Å²) in [6, 6.07) is 5.55. The molecule has 0 bridgehead atoms. The minimum atomic E-state index is -1.58. The van der Waals surface area contributed by atoms with Crippen molar-refractivity contribution in [2.24, 2.45) is 5.92 Å². The van der Waals surface area contributed by atoms with Gasteiger partial charge in [0.25, 0.3) is 6.08 Å². The Labute approximate surface area is 149 Å². The van der Waals surface area contributed by atoms with E-state index in [0.29, 0.717) is 24.3 Å². The first-order valence-corrected chi connectivity index (χ1v) is 9.90. The smallest absolute Gasteiger partial charge is 0.207 e. The van der Waals surface area contributed by atoms with Crippen molar-refractivity contribution in [2.75, 3.05) is 0 Å². The van der Waals surface area contributed by atoms with Gasteiger partial charge in [0.15, 0.2) is 0 Å². The predicted octanol–water partition coefficient (Wildman–Crippen LogP) is 7.71. The monoisotopic (exact) mass is 350 g/mol. The van der Waals surface area contributed by atoms with E-state index in [1.165, 1.54) is 38.5 Å². The van der Waals surface area contributed by atoms with E-state index in [1.54, 1.807) is 6.07 Å². The lowest BCUT2D eigenvalue weighted by molar-refractivity contribution is 0.302. The second-order valence-electron chi connectivity index (χ2n) is 7.96. The van der Waals surface area contributed by atoms with Gasteiger partial charge in [0.1, 0.15) is 5.82 Å². The summed E-state index contributed by atoms with van der Waals surface area (Å²) in [6.45, 7) is 2.24. The van der Waals surface area contributed by atoms with E-state index < -0.39 is 6.08 Å². The highest BCUT2D eigenvalue weighted by Gasteiger charge is 2.31. The van der Waals surface area contributed by atoms with Gasteiger partial charge in [-0.3, -0.25) is 0 Å². The molecule has 0 radical (unpaired) electrons. The van der Waals surface area contributed by atoms with Crippen LogP contribution in [0.2, 0.25) is 0 Å². The van der Waals surface area contributed by atoms with Crippen molar-refractivity contribution in [3.63, 3.8) is 0 Å². The molecule has 0 nitrogen and oxygen atoms in total. The van der Waals surface area contributed by atoms with Gasteiger partial charge in [-0.1, -0.05) is 44.7 Å². The number of unbranched alkanes of at least 4 members (excludes halogenated alkanes) is 2. The van der Waals surface area contributed by atoms with Crippen LogP contribution < -0.4 is 0 Å². The van der Waals surface area contributed by atoms with E-state index in [4.69, 9.17) is 0 Å². The molecule has 3 rings (SSSR count). The summed E-state index contributed by atoms with van der Waals surface area (Å²) in [5.41, 5.74) is 1.90. The van der Waals surface area contributed by atoms with Crippen molar-refractivity contribution >= 4 is 0 Å². The van der Waals surface area contributed by atoms with Crippen LogP contribution in [0.3, 0.4) is 0 Å². The molecule has 25 heavy (non-hydrogen) atoms. The molecule has 2 aliphatic rings. The van der Waals surface area contributed by atoms with Crippen molar-refractivity contribution in [3.8, 4) is 0 Å². The third-order valence-corrected chi connectivity index (χ3v) is 6.25. The van der Waals surface area contributed by atoms with Gasteiger partial charge in [-0.25, -0.2) is 4.39 Å². The first-order chi connectivity index (χ1) is 12.1. The van der Waals surface area contributed by atoms with E-state index in [9.17, 15) is 13.2 Å². The Bertz CT molecular complexity index is 600. The van der Waals surface area contributed by atoms with Crippen LogP contribution in [0.1, 0.15) is 94.1 Å². The molecular formula is C22H29F3. The highest BCUT2D eigenvalue weighted by molar-refractivity contribution is 5.35. The fourth-order valence-corrected chi connectivity index (χ4v) is 4.51. The summed E-state index contributed by atoms with van der Waals surface area (Å²) in [6.07, 6.45) is 9.14. The van der Waals surface area contributed by atoms with Crippen molar-refractivity contribution in [1.82, 2.24) is 0 Å². The van der Waals surface area contributed by atoms with E-state index in [0.717, 1.165) is 24.3 Å². The van der Waals surface area contributed by atoms with Gasteiger partial charge in [-0.05, 0) is 79.0 Å². The molecular weight excluding hydrogens is 321 g/mol. The zero-order chi connectivity index (χ0) is 17.8. The number of rotatable bonds is 6. The van der Waals surface area contributed by atoms with Crippen LogP contribution in [0.25, 0.3) is 0 Å². The lowest BCUT2D eigenvalue weighted by Crippen LogP contribution is -2.16. The normalized spacial score (nSPS) is 26.4.